The fourth-order valence-electron chi connectivity index (χ4n) is 6.14. The summed E-state index contributed by atoms with van der Waals surface area (Å²) in [6.07, 6.45) is 15.7. The summed E-state index contributed by atoms with van der Waals surface area (Å²) in [5.74, 6) is 2.69. The van der Waals surface area contributed by atoms with Crippen molar-refractivity contribution in [3.63, 3.8) is 0 Å². The summed E-state index contributed by atoms with van der Waals surface area (Å²) in [6.45, 7) is 13.5. The Labute approximate surface area is 172 Å². The van der Waals surface area contributed by atoms with Gasteiger partial charge in [0.15, 0.2) is 0 Å². The van der Waals surface area contributed by atoms with Crippen LogP contribution in [-0.4, -0.2) is 22.4 Å². The Morgan fingerprint density at radius 1 is 1.11 bits per heavy atom. The van der Waals surface area contributed by atoms with Gasteiger partial charge in [-0.05, 0) is 78.8 Å². The lowest BCUT2D eigenvalue weighted by Crippen LogP contribution is -2.35. The molecule has 3 aliphatic carbocycles. The van der Waals surface area contributed by atoms with E-state index >= 15 is 0 Å². The molecule has 156 valence electrons. The molecule has 0 aromatic rings. The first-order valence-corrected chi connectivity index (χ1v) is 11.4. The minimum atomic E-state index is -0.602. The predicted molar refractivity (Wildman–Crippen MR) is 118 cm³/mol. The Bertz CT molecular complexity index is 668. The number of aliphatic hydroxyl groups excluding tert-OH is 2. The Hall–Kier alpha value is -1.12. The monoisotopic (exact) mass is 384 g/mol. The quantitative estimate of drug-likeness (QED) is 0.586. The van der Waals surface area contributed by atoms with E-state index in [1.807, 2.05) is 0 Å². The van der Waals surface area contributed by atoms with Gasteiger partial charge in [-0.3, -0.25) is 0 Å². The lowest BCUT2D eigenvalue weighted by atomic mass is 9.61. The molecule has 0 radical (unpaired) electrons. The molecule has 3 fully saturated rings. The van der Waals surface area contributed by atoms with Gasteiger partial charge in [0.25, 0.3) is 0 Å². The Morgan fingerprint density at radius 2 is 1.86 bits per heavy atom. The Kier molecular flexibility index (Phi) is 6.72. The molecule has 2 heteroatoms. The van der Waals surface area contributed by atoms with Crippen molar-refractivity contribution in [3.8, 4) is 0 Å². The van der Waals surface area contributed by atoms with Gasteiger partial charge in [0, 0.05) is 6.42 Å². The van der Waals surface area contributed by atoms with Crippen molar-refractivity contribution in [2.45, 2.75) is 84.8 Å². The van der Waals surface area contributed by atoms with Crippen molar-refractivity contribution >= 4 is 0 Å². The van der Waals surface area contributed by atoms with Gasteiger partial charge in [0.05, 0.1) is 12.2 Å². The van der Waals surface area contributed by atoms with Gasteiger partial charge >= 0.3 is 0 Å². The van der Waals surface area contributed by atoms with Gasteiger partial charge in [0.1, 0.15) is 0 Å². The second kappa shape index (κ2) is 8.71. The van der Waals surface area contributed by atoms with E-state index in [1.54, 1.807) is 5.57 Å². The zero-order chi connectivity index (χ0) is 20.5. The zero-order valence-corrected chi connectivity index (χ0v) is 18.3. The average Bonchev–Trinajstić information content (AvgIpc) is 2.99. The van der Waals surface area contributed by atoms with Crippen molar-refractivity contribution in [2.75, 3.05) is 0 Å². The van der Waals surface area contributed by atoms with E-state index in [4.69, 9.17) is 0 Å². The first kappa shape index (κ1) is 21.6. The molecule has 2 N–H and O–H groups in total. The van der Waals surface area contributed by atoms with Crippen LogP contribution < -0.4 is 0 Å². The van der Waals surface area contributed by atoms with Crippen molar-refractivity contribution in [1.29, 1.82) is 0 Å². The summed E-state index contributed by atoms with van der Waals surface area (Å²) in [6, 6.07) is 0. The van der Waals surface area contributed by atoms with E-state index in [1.165, 1.54) is 32.1 Å². The van der Waals surface area contributed by atoms with Crippen LogP contribution in [0.15, 0.2) is 47.6 Å². The molecule has 0 bridgehead atoms. The molecule has 3 aliphatic rings. The lowest BCUT2D eigenvalue weighted by Gasteiger charge is -2.44. The number of rotatable bonds is 4. The molecule has 0 aromatic heterocycles. The summed E-state index contributed by atoms with van der Waals surface area (Å²) >= 11 is 0. The second-order valence-electron chi connectivity index (χ2n) is 10.2. The maximum Gasteiger partial charge on any atom is 0.0811 e. The highest BCUT2D eigenvalue weighted by molar-refractivity contribution is 5.38. The normalized spacial score (nSPS) is 40.6. The van der Waals surface area contributed by atoms with Crippen LogP contribution in [0.25, 0.3) is 0 Å². The van der Waals surface area contributed by atoms with Crippen LogP contribution in [0.5, 0.6) is 0 Å². The van der Waals surface area contributed by atoms with E-state index in [0.29, 0.717) is 36.0 Å². The Morgan fingerprint density at radius 3 is 2.57 bits per heavy atom. The van der Waals surface area contributed by atoms with Crippen LogP contribution in [-0.2, 0) is 0 Å². The molecule has 3 rings (SSSR count). The molecule has 28 heavy (non-hydrogen) atoms. The van der Waals surface area contributed by atoms with E-state index in [9.17, 15) is 10.2 Å². The Balaban J connectivity index is 1.79. The predicted octanol–water partition coefficient (Wildman–Crippen LogP) is 5.98. The summed E-state index contributed by atoms with van der Waals surface area (Å²) in [5.41, 5.74) is 3.78. The largest absolute Gasteiger partial charge is 0.393 e. The standard InChI is InChI=1S/C26H40O2/c1-17(2)8-9-18(3)23-12-13-24-20(7-6-14-26(23,24)5)10-11-21-15-22(27)16-25(28)19(21)4/h8-11,17-18,22-25,27-28H,4,6-7,12-16H2,1-3,5H3/t18-,22-,23-,24?,25+,26?/m1/s1. The maximum absolute atomic E-state index is 10.1. The van der Waals surface area contributed by atoms with Crippen molar-refractivity contribution in [2.24, 2.45) is 29.1 Å². The van der Waals surface area contributed by atoms with Crippen molar-refractivity contribution in [1.82, 2.24) is 0 Å². The minimum Gasteiger partial charge on any atom is -0.393 e. The zero-order valence-electron chi connectivity index (χ0n) is 18.3. The third-order valence-electron chi connectivity index (χ3n) is 7.74. The van der Waals surface area contributed by atoms with Gasteiger partial charge in [-0.1, -0.05) is 64.2 Å². The van der Waals surface area contributed by atoms with Crippen molar-refractivity contribution < 1.29 is 10.2 Å². The molecule has 2 unspecified atom stereocenters. The molecule has 0 aromatic carbocycles. The van der Waals surface area contributed by atoms with Crippen LogP contribution in [0.1, 0.15) is 72.6 Å². The fraction of sp³-hybridized carbons (Fsp3) is 0.692. The highest BCUT2D eigenvalue weighted by atomic mass is 16.3. The summed E-state index contributed by atoms with van der Waals surface area (Å²) in [7, 11) is 0. The molecular weight excluding hydrogens is 344 g/mol. The van der Waals surface area contributed by atoms with Gasteiger partial charge in [0.2, 0.25) is 0 Å². The number of aliphatic hydroxyl groups is 2. The fourth-order valence-corrected chi connectivity index (χ4v) is 6.14. The lowest BCUT2D eigenvalue weighted by molar-refractivity contribution is 0.0862. The summed E-state index contributed by atoms with van der Waals surface area (Å²) in [4.78, 5) is 0. The molecular formula is C26H40O2. The van der Waals surface area contributed by atoms with Crippen LogP contribution >= 0.6 is 0 Å². The first-order chi connectivity index (χ1) is 13.2. The molecule has 3 saturated carbocycles. The minimum absolute atomic E-state index is 0.395. The molecule has 0 aliphatic heterocycles. The first-order valence-electron chi connectivity index (χ1n) is 11.4. The third-order valence-corrected chi connectivity index (χ3v) is 7.74. The number of hydrogen-bond acceptors (Lipinski definition) is 2. The van der Waals surface area contributed by atoms with Crippen LogP contribution in [0.4, 0.5) is 0 Å². The molecule has 2 nitrogen and oxygen atoms in total. The van der Waals surface area contributed by atoms with Gasteiger partial charge in [-0.25, -0.2) is 0 Å². The second-order valence-corrected chi connectivity index (χ2v) is 10.2. The number of fused-ring (bicyclic) bond motifs is 1. The van der Waals surface area contributed by atoms with Crippen LogP contribution in [0, 0.1) is 29.1 Å². The van der Waals surface area contributed by atoms with E-state index in [0.717, 1.165) is 17.1 Å². The smallest absolute Gasteiger partial charge is 0.0811 e. The third kappa shape index (κ3) is 4.39. The molecule has 6 atom stereocenters. The van der Waals surface area contributed by atoms with Gasteiger partial charge in [-0.2, -0.15) is 0 Å². The average molecular weight is 385 g/mol. The highest BCUT2D eigenvalue weighted by Crippen LogP contribution is 2.59. The number of hydrogen-bond donors (Lipinski definition) is 2. The van der Waals surface area contributed by atoms with Crippen LogP contribution in [0.3, 0.4) is 0 Å². The molecule has 0 amide bonds. The summed E-state index contributed by atoms with van der Waals surface area (Å²) in [5, 5.41) is 20.1. The molecule has 0 saturated heterocycles. The van der Waals surface area contributed by atoms with E-state index < -0.39 is 12.2 Å². The maximum atomic E-state index is 10.1. The molecule has 0 spiro atoms. The SMILES string of the molecule is C=C1C(=CC=C2CCCC3(C)C2CC[C@@H]3[C@H](C)C=CC(C)C)C[C@@H](O)C[C@@H]1O. The molecule has 0 heterocycles. The van der Waals surface area contributed by atoms with Crippen molar-refractivity contribution in [3.05, 3.63) is 47.6 Å². The van der Waals surface area contributed by atoms with E-state index in [-0.39, 0.29) is 0 Å². The van der Waals surface area contributed by atoms with Crippen LogP contribution in [0.2, 0.25) is 0 Å². The summed E-state index contributed by atoms with van der Waals surface area (Å²) < 4.78 is 0. The highest BCUT2D eigenvalue weighted by Gasteiger charge is 2.50. The topological polar surface area (TPSA) is 40.5 Å². The van der Waals surface area contributed by atoms with Gasteiger partial charge < -0.3 is 10.2 Å². The number of allylic oxidation sites excluding steroid dienone is 5. The van der Waals surface area contributed by atoms with Gasteiger partial charge in [-0.15, -0.1) is 0 Å². The van der Waals surface area contributed by atoms with E-state index in [2.05, 4.69) is 58.6 Å².